The number of carboxylic acid groups (broad SMARTS) is 1. The monoisotopic (exact) mass is 328 g/mol. The van der Waals surface area contributed by atoms with Crippen LogP contribution in [0.15, 0.2) is 54.6 Å². The zero-order chi connectivity index (χ0) is 17.5. The van der Waals surface area contributed by atoms with Crippen molar-refractivity contribution in [3.8, 4) is 0 Å². The Kier molecular flexibility index (Phi) is 5.61. The molecule has 0 spiro atoms. The Hall–Kier alpha value is -3.23. The number of aliphatic carboxylic acids is 1. The molecule has 2 amide bonds. The van der Waals surface area contributed by atoms with Crippen molar-refractivity contribution >= 4 is 28.6 Å². The minimum absolute atomic E-state index is 0.504. The molecule has 124 valence electrons. The van der Waals surface area contributed by atoms with Crippen molar-refractivity contribution in [2.24, 2.45) is 5.84 Å². The fraction of sp³-hybridized carbons (Fsp3) is 0.0625. The molecule has 0 saturated heterocycles. The van der Waals surface area contributed by atoms with E-state index < -0.39 is 23.8 Å². The van der Waals surface area contributed by atoms with Crippen molar-refractivity contribution < 1.29 is 19.5 Å². The van der Waals surface area contributed by atoms with E-state index in [2.05, 4.69) is 10.9 Å². The Morgan fingerprint density at radius 1 is 1.00 bits per heavy atom. The second-order valence-electron chi connectivity index (χ2n) is 4.82. The molecule has 0 radical (unpaired) electrons. The summed E-state index contributed by atoms with van der Waals surface area (Å²) in [4.78, 5) is 34.1. The van der Waals surface area contributed by atoms with Crippen LogP contribution in [0.5, 0.6) is 0 Å². The van der Waals surface area contributed by atoms with E-state index in [1.54, 1.807) is 24.3 Å². The molecule has 2 rings (SSSR count). The van der Waals surface area contributed by atoms with Gasteiger partial charge in [0.05, 0.1) is 0 Å². The Morgan fingerprint density at radius 2 is 1.67 bits per heavy atom. The van der Waals surface area contributed by atoms with Crippen molar-refractivity contribution in [2.75, 3.05) is 0 Å². The molecule has 0 aliphatic rings. The van der Waals surface area contributed by atoms with Crippen molar-refractivity contribution in [1.82, 2.24) is 16.3 Å². The highest BCUT2D eigenvalue weighted by molar-refractivity contribution is 5.96. The number of nitrogens with two attached hydrogens (primary N) is 1. The third kappa shape index (κ3) is 4.15. The number of amides is 2. The van der Waals surface area contributed by atoms with Crippen molar-refractivity contribution in [3.63, 3.8) is 0 Å². The van der Waals surface area contributed by atoms with Gasteiger partial charge in [-0.1, -0.05) is 42.5 Å². The van der Waals surface area contributed by atoms with Crippen LogP contribution in [0, 0.1) is 0 Å². The summed E-state index contributed by atoms with van der Waals surface area (Å²) in [6.45, 7) is 0. The van der Waals surface area contributed by atoms with Gasteiger partial charge in [0.2, 0.25) is 0 Å². The number of hydrogen-bond acceptors (Lipinski definition) is 5. The molecule has 0 heterocycles. The second-order valence-corrected chi connectivity index (χ2v) is 4.82. The van der Waals surface area contributed by atoms with E-state index in [1.165, 1.54) is 0 Å². The number of nitrogens with one attached hydrogen (secondary N) is 3. The lowest BCUT2D eigenvalue weighted by Gasteiger charge is -2.17. The smallest absolute Gasteiger partial charge is 0.327 e. The lowest BCUT2D eigenvalue weighted by Crippen LogP contribution is -2.42. The third-order valence-corrected chi connectivity index (χ3v) is 3.25. The van der Waals surface area contributed by atoms with E-state index in [9.17, 15) is 19.5 Å². The maximum Gasteiger partial charge on any atom is 0.327 e. The van der Waals surface area contributed by atoms with Gasteiger partial charge < -0.3 is 5.11 Å². The van der Waals surface area contributed by atoms with Gasteiger partial charge in [-0.15, -0.1) is 0 Å². The predicted octanol–water partition coefficient (Wildman–Crippen LogP) is 0.132. The first kappa shape index (κ1) is 17.1. The van der Waals surface area contributed by atoms with Crippen molar-refractivity contribution in [1.29, 1.82) is 0 Å². The highest BCUT2D eigenvalue weighted by atomic mass is 16.4. The summed E-state index contributed by atoms with van der Waals surface area (Å²) < 4.78 is 0. The van der Waals surface area contributed by atoms with Crippen molar-refractivity contribution in [3.05, 3.63) is 60.2 Å². The zero-order valence-electron chi connectivity index (χ0n) is 12.5. The quantitative estimate of drug-likeness (QED) is 0.221. The lowest BCUT2D eigenvalue weighted by molar-refractivity contribution is -0.140. The van der Waals surface area contributed by atoms with Crippen LogP contribution < -0.4 is 22.1 Å². The van der Waals surface area contributed by atoms with Crippen LogP contribution >= 0.6 is 0 Å². The van der Waals surface area contributed by atoms with Gasteiger partial charge in [-0.25, -0.2) is 11.3 Å². The Morgan fingerprint density at radius 3 is 2.38 bits per heavy atom. The minimum atomic E-state index is -1.16. The van der Waals surface area contributed by atoms with Gasteiger partial charge in [-0.05, 0) is 16.3 Å². The van der Waals surface area contributed by atoms with Gasteiger partial charge in [0.15, 0.2) is 0 Å². The molecule has 6 N–H and O–H groups in total. The molecule has 1 unspecified atom stereocenters. The average Bonchev–Trinajstić information content (AvgIpc) is 2.59. The number of rotatable bonds is 6. The van der Waals surface area contributed by atoms with Crippen LogP contribution in [0.4, 0.5) is 0 Å². The fourth-order valence-corrected chi connectivity index (χ4v) is 2.16. The molecule has 2 aromatic carbocycles. The largest absolute Gasteiger partial charge is 0.480 e. The first-order valence-electron chi connectivity index (χ1n) is 6.97. The number of fused-ring (bicyclic) bond motifs is 1. The molecule has 0 aliphatic heterocycles. The molecular formula is C16H16N4O4. The standard InChI is InChI=1S/C16H16N4O4/c17-18-13(21)8-9-14(22)19-20-15(16(23)24)12-7-3-5-10-4-1-2-6-11(10)12/h1-9,15,20H,17H2,(H,18,21)(H,19,22)(H,23,24)/b9-8-. The number of hydrogen-bond donors (Lipinski definition) is 5. The van der Waals surface area contributed by atoms with E-state index in [0.717, 1.165) is 22.9 Å². The number of hydrazine groups is 2. The summed E-state index contributed by atoms with van der Waals surface area (Å²) in [6, 6.07) is 11.4. The van der Waals surface area contributed by atoms with Crippen LogP contribution in [0.3, 0.4) is 0 Å². The first-order valence-corrected chi connectivity index (χ1v) is 6.97. The number of carbonyl (C=O) groups is 3. The number of carbonyl (C=O) groups excluding carboxylic acids is 2. The van der Waals surface area contributed by atoms with Crippen LogP contribution in [-0.4, -0.2) is 22.9 Å². The molecule has 0 bridgehead atoms. The lowest BCUT2D eigenvalue weighted by atomic mass is 9.99. The molecule has 8 nitrogen and oxygen atoms in total. The minimum Gasteiger partial charge on any atom is -0.480 e. The molecule has 0 saturated carbocycles. The van der Waals surface area contributed by atoms with Crippen LogP contribution in [0.2, 0.25) is 0 Å². The van der Waals surface area contributed by atoms with Crippen molar-refractivity contribution in [2.45, 2.75) is 6.04 Å². The molecule has 0 aliphatic carbocycles. The molecule has 0 fully saturated rings. The number of benzene rings is 2. The maximum atomic E-state index is 11.6. The van der Waals surface area contributed by atoms with Crippen LogP contribution in [0.1, 0.15) is 11.6 Å². The highest BCUT2D eigenvalue weighted by Crippen LogP contribution is 2.24. The third-order valence-electron chi connectivity index (χ3n) is 3.25. The first-order chi connectivity index (χ1) is 11.5. The zero-order valence-corrected chi connectivity index (χ0v) is 12.5. The summed E-state index contributed by atoms with van der Waals surface area (Å²) in [5, 5.41) is 11.1. The van der Waals surface area contributed by atoms with E-state index in [-0.39, 0.29) is 0 Å². The molecule has 0 aromatic heterocycles. The summed E-state index contributed by atoms with van der Waals surface area (Å²) >= 11 is 0. The van der Waals surface area contributed by atoms with Crippen LogP contribution in [-0.2, 0) is 14.4 Å². The van der Waals surface area contributed by atoms with E-state index in [4.69, 9.17) is 5.84 Å². The van der Waals surface area contributed by atoms with E-state index in [1.807, 2.05) is 23.6 Å². The average molecular weight is 328 g/mol. The van der Waals surface area contributed by atoms with Crippen LogP contribution in [0.25, 0.3) is 10.8 Å². The molecule has 8 heteroatoms. The Labute approximate surface area is 137 Å². The van der Waals surface area contributed by atoms with Gasteiger partial charge in [0.1, 0.15) is 6.04 Å². The molecule has 2 aromatic rings. The molecule has 1 atom stereocenters. The van der Waals surface area contributed by atoms with Gasteiger partial charge in [0, 0.05) is 12.2 Å². The highest BCUT2D eigenvalue weighted by Gasteiger charge is 2.21. The Balaban J connectivity index is 2.18. The molecular weight excluding hydrogens is 312 g/mol. The van der Waals surface area contributed by atoms with Gasteiger partial charge in [0.25, 0.3) is 11.8 Å². The SMILES string of the molecule is NNC(=O)/C=C\C(=O)NNC(C(=O)O)c1cccc2ccccc12. The Bertz CT molecular complexity index is 798. The van der Waals surface area contributed by atoms with E-state index >= 15 is 0 Å². The normalized spacial score (nSPS) is 12.0. The maximum absolute atomic E-state index is 11.6. The van der Waals surface area contributed by atoms with Gasteiger partial charge in [-0.3, -0.25) is 25.2 Å². The van der Waals surface area contributed by atoms with E-state index in [0.29, 0.717) is 5.56 Å². The summed E-state index contributed by atoms with van der Waals surface area (Å²) in [7, 11) is 0. The predicted molar refractivity (Wildman–Crippen MR) is 87.1 cm³/mol. The number of carboxylic acids is 1. The summed E-state index contributed by atoms with van der Waals surface area (Å²) in [5.74, 6) is 2.37. The topological polar surface area (TPSA) is 134 Å². The summed E-state index contributed by atoms with van der Waals surface area (Å²) in [6.07, 6.45) is 1.85. The molecule has 24 heavy (non-hydrogen) atoms. The van der Waals surface area contributed by atoms with Gasteiger partial charge in [-0.2, -0.15) is 0 Å². The summed E-state index contributed by atoms with van der Waals surface area (Å²) in [5.41, 5.74) is 7.02. The van der Waals surface area contributed by atoms with Gasteiger partial charge >= 0.3 is 5.97 Å². The fourth-order valence-electron chi connectivity index (χ4n) is 2.16. The second kappa shape index (κ2) is 7.86.